The second-order valence-corrected chi connectivity index (χ2v) is 5.79. The zero-order valence-corrected chi connectivity index (χ0v) is 13.2. The van der Waals surface area contributed by atoms with E-state index in [1.54, 1.807) is 0 Å². The van der Waals surface area contributed by atoms with E-state index in [4.69, 9.17) is 0 Å². The van der Waals surface area contributed by atoms with Crippen LogP contribution in [0, 0.1) is 0 Å². The third-order valence-electron chi connectivity index (χ3n) is 4.13. The molecule has 3 rings (SSSR count). The van der Waals surface area contributed by atoms with Crippen LogP contribution in [-0.4, -0.2) is 6.67 Å². The molecule has 0 aliphatic carbocycles. The molecule has 0 saturated carbocycles. The van der Waals surface area contributed by atoms with E-state index in [0.717, 1.165) is 12.8 Å². The SMILES string of the molecule is FCCCCc1ccc(-c2ccc(-c3ccccc3)cc2)cc1. The van der Waals surface area contributed by atoms with Crippen LogP contribution in [-0.2, 0) is 6.42 Å². The van der Waals surface area contributed by atoms with Gasteiger partial charge in [0.2, 0.25) is 0 Å². The molecule has 0 bridgehead atoms. The van der Waals surface area contributed by atoms with Crippen LogP contribution in [0.3, 0.4) is 0 Å². The van der Waals surface area contributed by atoms with Crippen LogP contribution in [0.25, 0.3) is 22.3 Å². The second-order valence-electron chi connectivity index (χ2n) is 5.79. The Bertz CT molecular complexity index is 712. The highest BCUT2D eigenvalue weighted by Crippen LogP contribution is 2.25. The molecule has 0 N–H and O–H groups in total. The molecule has 0 amide bonds. The van der Waals surface area contributed by atoms with Gasteiger partial charge in [0.1, 0.15) is 0 Å². The summed E-state index contributed by atoms with van der Waals surface area (Å²) in [5, 5.41) is 0. The summed E-state index contributed by atoms with van der Waals surface area (Å²) in [6.45, 7) is -0.216. The first kappa shape index (κ1) is 15.5. The molecule has 3 aromatic carbocycles. The summed E-state index contributed by atoms with van der Waals surface area (Å²) in [5.74, 6) is 0. The summed E-state index contributed by atoms with van der Waals surface area (Å²) in [6, 6.07) is 27.7. The highest BCUT2D eigenvalue weighted by molar-refractivity contribution is 5.70. The third kappa shape index (κ3) is 4.07. The van der Waals surface area contributed by atoms with Gasteiger partial charge < -0.3 is 0 Å². The standard InChI is InChI=1S/C22H21F/c23-17-5-4-6-18-9-11-20(12-10-18)22-15-13-21(14-16-22)19-7-2-1-3-8-19/h1-3,7-16H,4-6,17H2. The Hall–Kier alpha value is -2.41. The highest BCUT2D eigenvalue weighted by Gasteiger charge is 2.01. The van der Waals surface area contributed by atoms with Crippen molar-refractivity contribution in [2.45, 2.75) is 19.3 Å². The number of halogens is 1. The second kappa shape index (κ2) is 7.73. The molecule has 23 heavy (non-hydrogen) atoms. The largest absolute Gasteiger partial charge is 0.251 e. The lowest BCUT2D eigenvalue weighted by molar-refractivity contribution is 0.462. The zero-order chi connectivity index (χ0) is 15.9. The molecule has 0 spiro atoms. The molecule has 0 heterocycles. The number of benzene rings is 3. The van der Waals surface area contributed by atoms with Gasteiger partial charge in [-0.05, 0) is 47.1 Å². The molecule has 3 aromatic rings. The molecule has 0 aromatic heterocycles. The summed E-state index contributed by atoms with van der Waals surface area (Å²) >= 11 is 0. The molecule has 0 saturated heterocycles. The summed E-state index contributed by atoms with van der Waals surface area (Å²) in [6.07, 6.45) is 2.53. The number of unbranched alkanes of at least 4 members (excludes halogenated alkanes) is 1. The molecule has 0 fully saturated rings. The minimum atomic E-state index is -0.216. The van der Waals surface area contributed by atoms with Crippen LogP contribution in [0.2, 0.25) is 0 Å². The smallest absolute Gasteiger partial charge is 0.0894 e. The highest BCUT2D eigenvalue weighted by atomic mass is 19.1. The topological polar surface area (TPSA) is 0 Å². The van der Waals surface area contributed by atoms with Crippen molar-refractivity contribution in [2.75, 3.05) is 6.67 Å². The fourth-order valence-electron chi connectivity index (χ4n) is 2.77. The summed E-state index contributed by atoms with van der Waals surface area (Å²) in [5.41, 5.74) is 6.20. The van der Waals surface area contributed by atoms with Crippen molar-refractivity contribution < 1.29 is 4.39 Å². The minimum absolute atomic E-state index is 0.216. The van der Waals surface area contributed by atoms with E-state index in [1.165, 1.54) is 27.8 Å². The number of alkyl halides is 1. The molecule has 0 radical (unpaired) electrons. The maximum atomic E-state index is 12.1. The van der Waals surface area contributed by atoms with E-state index in [1.807, 2.05) is 6.07 Å². The predicted octanol–water partition coefficient (Wildman–Crippen LogP) is 6.31. The van der Waals surface area contributed by atoms with Crippen LogP contribution < -0.4 is 0 Å². The number of hydrogen-bond donors (Lipinski definition) is 0. The lowest BCUT2D eigenvalue weighted by Crippen LogP contribution is -1.87. The maximum Gasteiger partial charge on any atom is 0.0894 e. The quantitative estimate of drug-likeness (QED) is 0.468. The van der Waals surface area contributed by atoms with Crippen LogP contribution in [0.4, 0.5) is 4.39 Å². The van der Waals surface area contributed by atoms with Crippen LogP contribution in [0.1, 0.15) is 18.4 Å². The molecule has 116 valence electrons. The predicted molar refractivity (Wildman–Crippen MR) is 96.2 cm³/mol. The molecule has 0 aliphatic rings. The average molecular weight is 304 g/mol. The van der Waals surface area contributed by atoms with Gasteiger partial charge in [0.25, 0.3) is 0 Å². The Balaban J connectivity index is 1.72. The molecule has 1 heteroatoms. The molecule has 0 aliphatic heterocycles. The first-order valence-corrected chi connectivity index (χ1v) is 8.17. The van der Waals surface area contributed by atoms with E-state index in [0.29, 0.717) is 6.42 Å². The van der Waals surface area contributed by atoms with Crippen molar-refractivity contribution >= 4 is 0 Å². The van der Waals surface area contributed by atoms with Crippen LogP contribution in [0.15, 0.2) is 78.9 Å². The monoisotopic (exact) mass is 304 g/mol. The van der Waals surface area contributed by atoms with Gasteiger partial charge in [-0.2, -0.15) is 0 Å². The van der Waals surface area contributed by atoms with Gasteiger partial charge in [0, 0.05) is 0 Å². The number of aryl methyl sites for hydroxylation is 1. The average Bonchev–Trinajstić information content (AvgIpc) is 2.63. The van der Waals surface area contributed by atoms with E-state index in [9.17, 15) is 4.39 Å². The van der Waals surface area contributed by atoms with Crippen LogP contribution in [0.5, 0.6) is 0 Å². The third-order valence-corrected chi connectivity index (χ3v) is 4.13. The Morgan fingerprint density at radius 2 is 1.00 bits per heavy atom. The van der Waals surface area contributed by atoms with Crippen molar-refractivity contribution in [2.24, 2.45) is 0 Å². The van der Waals surface area contributed by atoms with Crippen molar-refractivity contribution in [1.82, 2.24) is 0 Å². The summed E-state index contributed by atoms with van der Waals surface area (Å²) in [4.78, 5) is 0. The Morgan fingerprint density at radius 3 is 1.52 bits per heavy atom. The van der Waals surface area contributed by atoms with Gasteiger partial charge in [-0.3, -0.25) is 4.39 Å². The Labute approximate surface area is 137 Å². The molecule has 0 unspecified atom stereocenters. The van der Waals surface area contributed by atoms with Gasteiger partial charge in [0.05, 0.1) is 6.67 Å². The summed E-state index contributed by atoms with van der Waals surface area (Å²) in [7, 11) is 0. The minimum Gasteiger partial charge on any atom is -0.251 e. The normalized spacial score (nSPS) is 10.7. The van der Waals surface area contributed by atoms with Gasteiger partial charge in [0.15, 0.2) is 0 Å². The Kier molecular flexibility index (Phi) is 5.21. The molecular formula is C22H21F. The fourth-order valence-corrected chi connectivity index (χ4v) is 2.77. The van der Waals surface area contributed by atoms with Gasteiger partial charge in [-0.15, -0.1) is 0 Å². The maximum absolute atomic E-state index is 12.1. The van der Waals surface area contributed by atoms with Crippen LogP contribution >= 0.6 is 0 Å². The van der Waals surface area contributed by atoms with Crippen molar-refractivity contribution in [3.8, 4) is 22.3 Å². The molecule has 0 atom stereocenters. The van der Waals surface area contributed by atoms with Crippen molar-refractivity contribution in [1.29, 1.82) is 0 Å². The van der Waals surface area contributed by atoms with Gasteiger partial charge in [-0.1, -0.05) is 78.9 Å². The molecule has 0 nitrogen and oxygen atoms in total. The van der Waals surface area contributed by atoms with E-state index < -0.39 is 0 Å². The van der Waals surface area contributed by atoms with Crippen molar-refractivity contribution in [3.63, 3.8) is 0 Å². The number of rotatable bonds is 6. The zero-order valence-electron chi connectivity index (χ0n) is 13.2. The van der Waals surface area contributed by atoms with E-state index >= 15 is 0 Å². The lowest BCUT2D eigenvalue weighted by atomic mass is 9.99. The van der Waals surface area contributed by atoms with Gasteiger partial charge in [-0.25, -0.2) is 0 Å². The summed E-state index contributed by atoms with van der Waals surface area (Å²) < 4.78 is 12.1. The van der Waals surface area contributed by atoms with Crippen molar-refractivity contribution in [3.05, 3.63) is 84.4 Å². The van der Waals surface area contributed by atoms with Gasteiger partial charge >= 0.3 is 0 Å². The number of hydrogen-bond acceptors (Lipinski definition) is 0. The van der Waals surface area contributed by atoms with E-state index in [2.05, 4.69) is 72.8 Å². The fraction of sp³-hybridized carbons (Fsp3) is 0.182. The first-order valence-electron chi connectivity index (χ1n) is 8.17. The first-order chi connectivity index (χ1) is 11.4. The van der Waals surface area contributed by atoms with E-state index in [-0.39, 0.29) is 6.67 Å². The molecular weight excluding hydrogens is 283 g/mol. The Morgan fingerprint density at radius 1 is 0.522 bits per heavy atom. The lowest BCUT2D eigenvalue weighted by Gasteiger charge is -2.06.